The number of nitrogens with zero attached hydrogens (tertiary/aromatic N) is 4. The molecule has 8 nitrogen and oxygen atoms in total. The second-order valence-electron chi connectivity index (χ2n) is 5.35. The van der Waals surface area contributed by atoms with Gasteiger partial charge in [-0.3, -0.25) is 4.79 Å². The maximum Gasteiger partial charge on any atom is 0.384 e. The van der Waals surface area contributed by atoms with Crippen molar-refractivity contribution in [1.82, 2.24) is 19.6 Å². The lowest BCUT2D eigenvalue weighted by Gasteiger charge is -2.32. The van der Waals surface area contributed by atoms with Crippen molar-refractivity contribution in [1.29, 1.82) is 0 Å². The molecular weight excluding hydrogens is 286 g/mol. The van der Waals surface area contributed by atoms with E-state index in [1.807, 2.05) is 0 Å². The number of fused-ring (bicyclic) bond motifs is 1. The average molecular weight is 303 g/mol. The molecule has 22 heavy (non-hydrogen) atoms. The van der Waals surface area contributed by atoms with E-state index in [2.05, 4.69) is 15.3 Å². The third kappa shape index (κ3) is 2.59. The van der Waals surface area contributed by atoms with Gasteiger partial charge in [0.05, 0.1) is 5.39 Å². The Morgan fingerprint density at radius 3 is 2.82 bits per heavy atom. The SMILES string of the molecule is CC(=O)N1CCC(Nc2nc(=O)n(O)c3ncccc23)CC1. The van der Waals surface area contributed by atoms with Gasteiger partial charge < -0.3 is 15.4 Å². The summed E-state index contributed by atoms with van der Waals surface area (Å²) >= 11 is 0. The van der Waals surface area contributed by atoms with E-state index >= 15 is 0 Å². The molecule has 116 valence electrons. The van der Waals surface area contributed by atoms with Crippen LogP contribution in [0.3, 0.4) is 0 Å². The summed E-state index contributed by atoms with van der Waals surface area (Å²) in [5, 5.41) is 13.5. The highest BCUT2D eigenvalue weighted by molar-refractivity contribution is 5.86. The Labute approximate surface area is 126 Å². The summed E-state index contributed by atoms with van der Waals surface area (Å²) < 4.78 is 0.443. The minimum Gasteiger partial charge on any atom is -0.422 e. The monoisotopic (exact) mass is 303 g/mol. The minimum atomic E-state index is -0.769. The first-order valence-corrected chi connectivity index (χ1v) is 7.15. The van der Waals surface area contributed by atoms with Gasteiger partial charge in [-0.2, -0.15) is 4.98 Å². The number of piperidine rings is 1. The smallest absolute Gasteiger partial charge is 0.384 e. The Balaban J connectivity index is 1.85. The molecule has 2 aromatic heterocycles. The summed E-state index contributed by atoms with van der Waals surface area (Å²) in [4.78, 5) is 32.7. The van der Waals surface area contributed by atoms with Crippen molar-refractivity contribution in [3.05, 3.63) is 28.8 Å². The van der Waals surface area contributed by atoms with Crippen LogP contribution in [0.2, 0.25) is 0 Å². The first-order valence-electron chi connectivity index (χ1n) is 7.15. The molecule has 2 N–H and O–H groups in total. The van der Waals surface area contributed by atoms with Gasteiger partial charge in [0.15, 0.2) is 5.65 Å². The number of carbonyl (C=O) groups excluding carboxylic acids is 1. The summed E-state index contributed by atoms with van der Waals surface area (Å²) in [5.41, 5.74) is -0.596. The lowest BCUT2D eigenvalue weighted by atomic mass is 10.0. The zero-order valence-corrected chi connectivity index (χ0v) is 12.2. The Bertz CT molecular complexity index is 765. The number of nitrogens with one attached hydrogen (secondary N) is 1. The third-order valence-electron chi connectivity index (χ3n) is 3.91. The highest BCUT2D eigenvalue weighted by atomic mass is 16.5. The van der Waals surface area contributed by atoms with Crippen molar-refractivity contribution in [3.63, 3.8) is 0 Å². The molecular formula is C14H17N5O3. The van der Waals surface area contributed by atoms with Crippen LogP contribution in [0, 0.1) is 0 Å². The minimum absolute atomic E-state index is 0.0779. The number of hydrogen-bond donors (Lipinski definition) is 2. The quantitative estimate of drug-likeness (QED) is 0.781. The Kier molecular flexibility index (Phi) is 3.66. The predicted octanol–water partition coefficient (Wildman–Crippen LogP) is 0.452. The molecule has 0 atom stereocenters. The highest BCUT2D eigenvalue weighted by Crippen LogP contribution is 2.20. The van der Waals surface area contributed by atoms with Crippen molar-refractivity contribution >= 4 is 22.8 Å². The standard InChI is InChI=1S/C14H17N5O3/c1-9(20)18-7-4-10(5-8-18)16-12-11-3-2-6-15-13(11)19(22)14(21)17-12/h2-3,6,10,22H,4-5,7-8H2,1H3,(H,16,17,21). The number of anilines is 1. The van der Waals surface area contributed by atoms with Crippen LogP contribution in [0.25, 0.3) is 11.0 Å². The second-order valence-corrected chi connectivity index (χ2v) is 5.35. The fourth-order valence-corrected chi connectivity index (χ4v) is 2.69. The van der Waals surface area contributed by atoms with Crippen LogP contribution in [0.4, 0.5) is 5.82 Å². The number of carbonyl (C=O) groups is 1. The van der Waals surface area contributed by atoms with E-state index in [0.29, 0.717) is 29.0 Å². The number of amides is 1. The van der Waals surface area contributed by atoms with Crippen LogP contribution in [-0.4, -0.2) is 49.8 Å². The average Bonchev–Trinajstić information content (AvgIpc) is 2.53. The van der Waals surface area contributed by atoms with E-state index in [4.69, 9.17) is 0 Å². The molecule has 0 bridgehead atoms. The first kappa shape index (κ1) is 14.3. The maximum absolute atomic E-state index is 11.7. The van der Waals surface area contributed by atoms with Crippen LogP contribution >= 0.6 is 0 Å². The molecule has 0 aromatic carbocycles. The zero-order valence-electron chi connectivity index (χ0n) is 12.2. The molecule has 1 aliphatic rings. The van der Waals surface area contributed by atoms with E-state index in [9.17, 15) is 14.8 Å². The van der Waals surface area contributed by atoms with Crippen molar-refractivity contribution in [2.45, 2.75) is 25.8 Å². The molecule has 8 heteroatoms. The molecule has 3 rings (SSSR count). The van der Waals surface area contributed by atoms with E-state index in [-0.39, 0.29) is 17.6 Å². The molecule has 1 fully saturated rings. The van der Waals surface area contributed by atoms with Crippen LogP contribution < -0.4 is 11.0 Å². The van der Waals surface area contributed by atoms with Crippen molar-refractivity contribution < 1.29 is 10.0 Å². The highest BCUT2D eigenvalue weighted by Gasteiger charge is 2.22. The number of rotatable bonds is 2. The predicted molar refractivity (Wildman–Crippen MR) is 79.9 cm³/mol. The summed E-state index contributed by atoms with van der Waals surface area (Å²) in [5.74, 6) is 0.494. The largest absolute Gasteiger partial charge is 0.422 e. The van der Waals surface area contributed by atoms with Crippen molar-refractivity contribution in [2.24, 2.45) is 0 Å². The molecule has 0 radical (unpaired) electrons. The topological polar surface area (TPSA) is 100 Å². The Hall–Kier alpha value is -2.64. The fraction of sp³-hybridized carbons (Fsp3) is 0.429. The lowest BCUT2D eigenvalue weighted by molar-refractivity contribution is -0.129. The van der Waals surface area contributed by atoms with Crippen LogP contribution in [-0.2, 0) is 4.79 Å². The van der Waals surface area contributed by atoms with Crippen molar-refractivity contribution in [2.75, 3.05) is 18.4 Å². The Morgan fingerprint density at radius 1 is 1.41 bits per heavy atom. The molecule has 2 aromatic rings. The van der Waals surface area contributed by atoms with Crippen LogP contribution in [0.15, 0.2) is 23.1 Å². The zero-order chi connectivity index (χ0) is 15.7. The number of aromatic nitrogens is 3. The normalized spacial score (nSPS) is 16.0. The molecule has 0 saturated carbocycles. The van der Waals surface area contributed by atoms with Crippen LogP contribution in [0.5, 0.6) is 0 Å². The molecule has 1 amide bonds. The van der Waals surface area contributed by atoms with Crippen LogP contribution in [0.1, 0.15) is 19.8 Å². The first-order chi connectivity index (χ1) is 10.6. The summed E-state index contributed by atoms with van der Waals surface area (Å²) in [6.45, 7) is 2.93. The second kappa shape index (κ2) is 5.63. The molecule has 3 heterocycles. The van der Waals surface area contributed by atoms with Gasteiger partial charge in [-0.1, -0.05) is 0 Å². The van der Waals surface area contributed by atoms with Gasteiger partial charge in [0, 0.05) is 32.3 Å². The van der Waals surface area contributed by atoms with Gasteiger partial charge in [-0.05, 0) is 25.0 Å². The van der Waals surface area contributed by atoms with Gasteiger partial charge in [0.1, 0.15) is 5.82 Å². The van der Waals surface area contributed by atoms with Gasteiger partial charge in [0.25, 0.3) is 0 Å². The summed E-state index contributed by atoms with van der Waals surface area (Å²) in [7, 11) is 0. The van der Waals surface area contributed by atoms with E-state index in [0.717, 1.165) is 12.8 Å². The lowest BCUT2D eigenvalue weighted by Crippen LogP contribution is -2.41. The summed E-state index contributed by atoms with van der Waals surface area (Å²) in [6, 6.07) is 3.59. The summed E-state index contributed by atoms with van der Waals surface area (Å²) in [6.07, 6.45) is 3.07. The molecule has 0 aliphatic carbocycles. The van der Waals surface area contributed by atoms with E-state index < -0.39 is 5.69 Å². The Morgan fingerprint density at radius 2 is 2.14 bits per heavy atom. The number of pyridine rings is 1. The number of hydrogen-bond acceptors (Lipinski definition) is 6. The van der Waals surface area contributed by atoms with Crippen molar-refractivity contribution in [3.8, 4) is 0 Å². The van der Waals surface area contributed by atoms with E-state index in [1.165, 1.54) is 6.20 Å². The van der Waals surface area contributed by atoms with Gasteiger partial charge in [-0.15, -0.1) is 4.73 Å². The van der Waals surface area contributed by atoms with Gasteiger partial charge in [0.2, 0.25) is 5.91 Å². The molecule has 0 spiro atoms. The van der Waals surface area contributed by atoms with E-state index in [1.54, 1.807) is 24.0 Å². The third-order valence-corrected chi connectivity index (χ3v) is 3.91. The molecule has 0 unspecified atom stereocenters. The number of likely N-dealkylation sites (tertiary alicyclic amines) is 1. The van der Waals surface area contributed by atoms with Gasteiger partial charge in [-0.25, -0.2) is 9.78 Å². The van der Waals surface area contributed by atoms with Gasteiger partial charge >= 0.3 is 5.69 Å². The maximum atomic E-state index is 11.7. The molecule has 1 aliphatic heterocycles. The molecule has 1 saturated heterocycles. The fourth-order valence-electron chi connectivity index (χ4n) is 2.69.